The summed E-state index contributed by atoms with van der Waals surface area (Å²) >= 11 is 0. The van der Waals surface area contributed by atoms with Gasteiger partial charge in [0.15, 0.2) is 0 Å². The summed E-state index contributed by atoms with van der Waals surface area (Å²) in [4.78, 5) is 29.1. The van der Waals surface area contributed by atoms with E-state index in [2.05, 4.69) is 27.5 Å². The number of ether oxygens (including phenoxy) is 1. The largest absolute Gasteiger partial charge is 0.497 e. The van der Waals surface area contributed by atoms with Gasteiger partial charge in [0, 0.05) is 38.1 Å². The fourth-order valence-electron chi connectivity index (χ4n) is 4.10. The summed E-state index contributed by atoms with van der Waals surface area (Å²) in [6.45, 7) is 2.04. The van der Waals surface area contributed by atoms with Crippen molar-refractivity contribution < 1.29 is 14.3 Å². The number of nitrogens with one attached hydrogen (secondary N) is 2. The zero-order valence-electron chi connectivity index (χ0n) is 16.4. The molecule has 0 saturated carbocycles. The van der Waals surface area contributed by atoms with Gasteiger partial charge in [0.1, 0.15) is 11.8 Å². The molecule has 2 aliphatic rings. The van der Waals surface area contributed by atoms with Crippen LogP contribution in [0.5, 0.6) is 5.75 Å². The number of amides is 2. The number of hydrogen-bond acceptors (Lipinski definition) is 5. The molecule has 7 heteroatoms. The molecule has 148 valence electrons. The normalized spacial score (nSPS) is 26.2. The molecule has 2 fully saturated rings. The van der Waals surface area contributed by atoms with E-state index in [1.807, 2.05) is 31.3 Å². The zero-order valence-corrected chi connectivity index (χ0v) is 16.4. The summed E-state index contributed by atoms with van der Waals surface area (Å²) in [7, 11) is 5.72. The van der Waals surface area contributed by atoms with E-state index in [4.69, 9.17) is 4.74 Å². The molecule has 3 atom stereocenters. The molecule has 2 aliphatic heterocycles. The molecule has 3 unspecified atom stereocenters. The Morgan fingerprint density at radius 2 is 2.04 bits per heavy atom. The Kier molecular flexibility index (Phi) is 6.34. The Bertz CT molecular complexity index is 664. The summed E-state index contributed by atoms with van der Waals surface area (Å²) in [5.74, 6) is 0.951. The van der Waals surface area contributed by atoms with Crippen LogP contribution in [0.2, 0.25) is 0 Å². The molecule has 1 aromatic carbocycles. The lowest BCUT2D eigenvalue weighted by molar-refractivity contribution is -0.125. The molecule has 0 bridgehead atoms. The van der Waals surface area contributed by atoms with Crippen molar-refractivity contribution in [3.63, 3.8) is 0 Å². The smallest absolute Gasteiger partial charge is 0.239 e. The fraction of sp³-hybridized carbons (Fsp3) is 0.600. The minimum atomic E-state index is -0.0797. The molecule has 2 N–H and O–H groups in total. The van der Waals surface area contributed by atoms with Gasteiger partial charge in [-0.3, -0.25) is 19.4 Å². The first-order valence-corrected chi connectivity index (χ1v) is 9.59. The van der Waals surface area contributed by atoms with Crippen molar-refractivity contribution in [2.24, 2.45) is 0 Å². The van der Waals surface area contributed by atoms with Gasteiger partial charge in [-0.05, 0) is 44.6 Å². The molecule has 7 nitrogen and oxygen atoms in total. The molecule has 0 aliphatic carbocycles. The number of methoxy groups -OCH3 is 1. The third-order valence-corrected chi connectivity index (χ3v) is 5.85. The first-order valence-electron chi connectivity index (χ1n) is 9.59. The molecular weight excluding hydrogens is 344 g/mol. The third kappa shape index (κ3) is 4.59. The van der Waals surface area contributed by atoms with Crippen LogP contribution >= 0.6 is 0 Å². The summed E-state index contributed by atoms with van der Waals surface area (Å²) in [5, 5.41) is 6.03. The van der Waals surface area contributed by atoms with E-state index in [1.165, 1.54) is 0 Å². The molecule has 2 heterocycles. The lowest BCUT2D eigenvalue weighted by atomic mass is 10.0. The summed E-state index contributed by atoms with van der Waals surface area (Å²) in [6.07, 6.45) is 2.18. The van der Waals surface area contributed by atoms with Crippen LogP contribution in [0.3, 0.4) is 0 Å². The Morgan fingerprint density at radius 3 is 2.74 bits per heavy atom. The van der Waals surface area contributed by atoms with Crippen LogP contribution in [0.4, 0.5) is 0 Å². The maximum absolute atomic E-state index is 12.4. The van der Waals surface area contributed by atoms with E-state index >= 15 is 0 Å². The Morgan fingerprint density at radius 1 is 1.30 bits per heavy atom. The number of hydrogen-bond donors (Lipinski definition) is 2. The van der Waals surface area contributed by atoms with Gasteiger partial charge in [0.05, 0.1) is 7.11 Å². The number of nitrogens with zero attached hydrogens (tertiary/aromatic N) is 2. The third-order valence-electron chi connectivity index (χ3n) is 5.85. The number of likely N-dealkylation sites (tertiary alicyclic amines) is 1. The molecular formula is C20H30N4O3. The first-order chi connectivity index (χ1) is 13.0. The van der Waals surface area contributed by atoms with Crippen LogP contribution in [0, 0.1) is 0 Å². The van der Waals surface area contributed by atoms with E-state index in [-0.39, 0.29) is 29.9 Å². The van der Waals surface area contributed by atoms with Gasteiger partial charge in [-0.1, -0.05) is 12.1 Å². The minimum Gasteiger partial charge on any atom is -0.497 e. The zero-order chi connectivity index (χ0) is 19.4. The number of rotatable bonds is 6. The van der Waals surface area contributed by atoms with Gasteiger partial charge in [0.2, 0.25) is 11.8 Å². The lowest BCUT2D eigenvalue weighted by Crippen LogP contribution is -2.48. The number of carbonyl (C=O) groups is 2. The lowest BCUT2D eigenvalue weighted by Gasteiger charge is -2.32. The second kappa shape index (κ2) is 8.71. The van der Waals surface area contributed by atoms with Crippen LogP contribution in [0.1, 0.15) is 24.8 Å². The van der Waals surface area contributed by atoms with E-state index in [9.17, 15) is 9.59 Å². The van der Waals surface area contributed by atoms with E-state index in [0.717, 1.165) is 30.7 Å². The number of carbonyl (C=O) groups excluding carboxylic acids is 2. The maximum Gasteiger partial charge on any atom is 0.239 e. The van der Waals surface area contributed by atoms with Crippen molar-refractivity contribution in [1.29, 1.82) is 0 Å². The van der Waals surface area contributed by atoms with Crippen LogP contribution in [-0.2, 0) is 16.1 Å². The number of fused-ring (bicyclic) bond motifs is 1. The second-order valence-electron chi connectivity index (χ2n) is 7.51. The van der Waals surface area contributed by atoms with Gasteiger partial charge in [-0.2, -0.15) is 0 Å². The number of benzene rings is 1. The highest BCUT2D eigenvalue weighted by atomic mass is 16.5. The quantitative estimate of drug-likeness (QED) is 0.763. The highest BCUT2D eigenvalue weighted by molar-refractivity contribution is 5.83. The molecule has 3 rings (SSSR count). The standard InChI is InChI=1S/C20H30N4O3/c1-23-11-10-17-19(23)20(26)22-13-15(24(17)2)6-9-18(25)21-12-14-4-7-16(27-3)8-5-14/h4-5,7-8,15,17,19H,6,9-13H2,1-3H3,(H,21,25)(H,22,26). The second-order valence-corrected chi connectivity index (χ2v) is 7.51. The summed E-state index contributed by atoms with van der Waals surface area (Å²) in [6, 6.07) is 8.00. The summed E-state index contributed by atoms with van der Waals surface area (Å²) < 4.78 is 5.14. The van der Waals surface area contributed by atoms with Crippen LogP contribution in [0.25, 0.3) is 0 Å². The van der Waals surface area contributed by atoms with Gasteiger partial charge >= 0.3 is 0 Å². The van der Waals surface area contributed by atoms with E-state index < -0.39 is 0 Å². The van der Waals surface area contributed by atoms with Crippen LogP contribution in [0.15, 0.2) is 24.3 Å². The van der Waals surface area contributed by atoms with Crippen molar-refractivity contribution in [2.75, 3.05) is 34.3 Å². The highest BCUT2D eigenvalue weighted by Gasteiger charge is 2.43. The Balaban J connectivity index is 1.48. The average Bonchev–Trinajstić information content (AvgIpc) is 3.02. The molecule has 2 saturated heterocycles. The van der Waals surface area contributed by atoms with Crippen molar-refractivity contribution >= 4 is 11.8 Å². The van der Waals surface area contributed by atoms with E-state index in [1.54, 1.807) is 7.11 Å². The first kappa shape index (κ1) is 19.6. The SMILES string of the molecule is COc1ccc(CNC(=O)CCC2CNC(=O)C3C(CCN3C)N2C)cc1. The van der Waals surface area contributed by atoms with Crippen LogP contribution < -0.4 is 15.4 Å². The Labute approximate surface area is 161 Å². The molecule has 2 amide bonds. The molecule has 0 spiro atoms. The van der Waals surface area contributed by atoms with Crippen LogP contribution in [-0.4, -0.2) is 74.0 Å². The van der Waals surface area contributed by atoms with Gasteiger partial charge in [-0.25, -0.2) is 0 Å². The van der Waals surface area contributed by atoms with Crippen molar-refractivity contribution in [2.45, 2.75) is 43.9 Å². The molecule has 1 aromatic rings. The van der Waals surface area contributed by atoms with Crippen molar-refractivity contribution in [1.82, 2.24) is 20.4 Å². The average molecular weight is 374 g/mol. The van der Waals surface area contributed by atoms with Gasteiger partial charge in [-0.15, -0.1) is 0 Å². The summed E-state index contributed by atoms with van der Waals surface area (Å²) in [5.41, 5.74) is 1.04. The van der Waals surface area contributed by atoms with Gasteiger partial charge < -0.3 is 15.4 Å². The topological polar surface area (TPSA) is 73.9 Å². The van der Waals surface area contributed by atoms with Gasteiger partial charge in [0.25, 0.3) is 0 Å². The number of likely N-dealkylation sites (N-methyl/N-ethyl adjacent to an activating group) is 2. The predicted molar refractivity (Wildman–Crippen MR) is 103 cm³/mol. The molecule has 27 heavy (non-hydrogen) atoms. The van der Waals surface area contributed by atoms with Crippen molar-refractivity contribution in [3.8, 4) is 5.75 Å². The predicted octanol–water partition coefficient (Wildman–Crippen LogP) is 0.595. The monoisotopic (exact) mass is 374 g/mol. The Hall–Kier alpha value is -2.12. The molecule has 0 radical (unpaired) electrons. The van der Waals surface area contributed by atoms with Crippen molar-refractivity contribution in [3.05, 3.63) is 29.8 Å². The fourth-order valence-corrected chi connectivity index (χ4v) is 4.10. The highest BCUT2D eigenvalue weighted by Crippen LogP contribution is 2.25. The van der Waals surface area contributed by atoms with E-state index in [0.29, 0.717) is 19.5 Å². The minimum absolute atomic E-state index is 0.0369. The maximum atomic E-state index is 12.4. The molecule has 0 aromatic heterocycles.